The first-order valence-electron chi connectivity index (χ1n) is 8.06. The maximum Gasteiger partial charge on any atom is 0.0120 e. The van der Waals surface area contributed by atoms with Crippen molar-refractivity contribution in [3.63, 3.8) is 0 Å². The largest absolute Gasteiger partial charge is 0.314 e. The van der Waals surface area contributed by atoms with Crippen molar-refractivity contribution in [2.75, 3.05) is 20.1 Å². The highest BCUT2D eigenvalue weighted by atomic mass is 15.2. The molecule has 1 aliphatic rings. The Bertz CT molecular complexity index is 390. The maximum atomic E-state index is 3.80. The van der Waals surface area contributed by atoms with Crippen molar-refractivity contribution in [2.45, 2.75) is 51.6 Å². The molecule has 0 radical (unpaired) electrons. The summed E-state index contributed by atoms with van der Waals surface area (Å²) in [7, 11) is 2.24. The van der Waals surface area contributed by atoms with Gasteiger partial charge in [-0.2, -0.15) is 0 Å². The lowest BCUT2D eigenvalue weighted by Gasteiger charge is -2.40. The normalized spacial score (nSPS) is 29.3. The molecule has 0 saturated carbocycles. The van der Waals surface area contributed by atoms with E-state index in [0.717, 1.165) is 12.5 Å². The molecule has 0 aliphatic carbocycles. The third-order valence-corrected chi connectivity index (χ3v) is 4.96. The highest BCUT2D eigenvalue weighted by molar-refractivity contribution is 5.18. The molecule has 0 aromatic heterocycles. The van der Waals surface area contributed by atoms with Gasteiger partial charge in [0.1, 0.15) is 0 Å². The van der Waals surface area contributed by atoms with Gasteiger partial charge in [-0.1, -0.05) is 44.2 Å². The number of nitrogens with one attached hydrogen (secondary N) is 1. The number of hydrogen-bond donors (Lipinski definition) is 1. The molecule has 2 heteroatoms. The molecule has 2 rings (SSSR count). The van der Waals surface area contributed by atoms with Gasteiger partial charge in [0.25, 0.3) is 0 Å². The van der Waals surface area contributed by atoms with Crippen LogP contribution in [0.1, 0.15) is 45.1 Å². The second-order valence-corrected chi connectivity index (χ2v) is 6.66. The molecule has 0 amide bonds. The zero-order valence-electron chi connectivity index (χ0n) is 13.5. The second-order valence-electron chi connectivity index (χ2n) is 6.66. The van der Waals surface area contributed by atoms with Gasteiger partial charge >= 0.3 is 0 Å². The van der Waals surface area contributed by atoms with Gasteiger partial charge in [-0.15, -0.1) is 0 Å². The lowest BCUT2D eigenvalue weighted by Crippen LogP contribution is -2.51. The van der Waals surface area contributed by atoms with Gasteiger partial charge < -0.3 is 10.2 Å². The van der Waals surface area contributed by atoms with E-state index in [1.807, 2.05) is 0 Å². The van der Waals surface area contributed by atoms with E-state index in [2.05, 4.69) is 68.4 Å². The van der Waals surface area contributed by atoms with Gasteiger partial charge in [0.2, 0.25) is 0 Å². The Kier molecular flexibility index (Phi) is 5.62. The fraction of sp³-hybridized carbons (Fsp3) is 0.667. The van der Waals surface area contributed by atoms with Crippen LogP contribution in [0.3, 0.4) is 0 Å². The van der Waals surface area contributed by atoms with Gasteiger partial charge in [-0.3, -0.25) is 0 Å². The summed E-state index contributed by atoms with van der Waals surface area (Å²) >= 11 is 0. The topological polar surface area (TPSA) is 15.3 Å². The van der Waals surface area contributed by atoms with E-state index in [1.54, 1.807) is 0 Å². The summed E-state index contributed by atoms with van der Waals surface area (Å²) in [4.78, 5) is 2.48. The van der Waals surface area contributed by atoms with Crippen LogP contribution in [0.2, 0.25) is 0 Å². The van der Waals surface area contributed by atoms with Crippen LogP contribution in [-0.2, 0) is 0 Å². The molecule has 1 heterocycles. The van der Waals surface area contributed by atoms with Crippen LogP contribution in [-0.4, -0.2) is 37.1 Å². The Morgan fingerprint density at radius 2 is 1.95 bits per heavy atom. The third-order valence-electron chi connectivity index (χ3n) is 4.96. The van der Waals surface area contributed by atoms with Crippen LogP contribution >= 0.6 is 0 Å². The Morgan fingerprint density at radius 3 is 2.65 bits per heavy atom. The van der Waals surface area contributed by atoms with Crippen molar-refractivity contribution < 1.29 is 0 Å². The zero-order chi connectivity index (χ0) is 14.5. The first-order valence-corrected chi connectivity index (χ1v) is 8.06. The van der Waals surface area contributed by atoms with E-state index < -0.39 is 0 Å². The van der Waals surface area contributed by atoms with Crippen molar-refractivity contribution in [1.29, 1.82) is 0 Å². The predicted octanol–water partition coefficient (Wildman–Crippen LogP) is 3.50. The van der Waals surface area contributed by atoms with Gasteiger partial charge in [-0.05, 0) is 50.8 Å². The minimum absolute atomic E-state index is 0.641. The number of likely N-dealkylation sites (tertiary alicyclic amines) is 1. The molecule has 1 N–H and O–H groups in total. The fourth-order valence-electron chi connectivity index (χ4n) is 3.26. The van der Waals surface area contributed by atoms with E-state index >= 15 is 0 Å². The molecule has 1 aliphatic heterocycles. The molecule has 1 aromatic carbocycles. The number of rotatable bonds is 5. The summed E-state index contributed by atoms with van der Waals surface area (Å²) in [5.74, 6) is 1.39. The van der Waals surface area contributed by atoms with Crippen molar-refractivity contribution in [3.8, 4) is 0 Å². The van der Waals surface area contributed by atoms with Crippen molar-refractivity contribution in [1.82, 2.24) is 10.2 Å². The van der Waals surface area contributed by atoms with Crippen LogP contribution in [0.5, 0.6) is 0 Å². The summed E-state index contributed by atoms with van der Waals surface area (Å²) in [6.07, 6.45) is 2.49. The molecule has 1 fully saturated rings. The van der Waals surface area contributed by atoms with Gasteiger partial charge in [-0.25, -0.2) is 0 Å². The Hall–Kier alpha value is -0.860. The summed E-state index contributed by atoms with van der Waals surface area (Å²) in [6, 6.07) is 12.2. The van der Waals surface area contributed by atoms with Crippen LogP contribution < -0.4 is 5.32 Å². The molecule has 2 nitrogen and oxygen atoms in total. The number of benzene rings is 1. The maximum absolute atomic E-state index is 3.80. The fourth-order valence-corrected chi connectivity index (χ4v) is 3.26. The SMILES string of the molecule is CC(CCNC1CC(C)N(C)CC1C)c1ccccc1. The van der Waals surface area contributed by atoms with Crippen LogP contribution in [0.4, 0.5) is 0 Å². The molecular weight excluding hydrogens is 244 g/mol. The Morgan fingerprint density at radius 1 is 1.25 bits per heavy atom. The van der Waals surface area contributed by atoms with E-state index in [4.69, 9.17) is 0 Å². The second kappa shape index (κ2) is 7.24. The standard InChI is InChI=1S/C18H30N2/c1-14(17-8-6-5-7-9-17)10-11-19-18-12-16(3)20(4)13-15(18)2/h5-9,14-16,18-19H,10-13H2,1-4H3. The monoisotopic (exact) mass is 274 g/mol. The smallest absolute Gasteiger partial charge is 0.0120 e. The van der Waals surface area contributed by atoms with Gasteiger partial charge in [0, 0.05) is 18.6 Å². The first-order chi connectivity index (χ1) is 9.58. The van der Waals surface area contributed by atoms with Gasteiger partial charge in [0.15, 0.2) is 0 Å². The molecule has 4 atom stereocenters. The molecule has 1 saturated heterocycles. The van der Waals surface area contributed by atoms with E-state index in [9.17, 15) is 0 Å². The Balaban J connectivity index is 1.75. The predicted molar refractivity (Wildman–Crippen MR) is 87.1 cm³/mol. The van der Waals surface area contributed by atoms with Gasteiger partial charge in [0.05, 0.1) is 0 Å². The van der Waals surface area contributed by atoms with Crippen LogP contribution in [0.25, 0.3) is 0 Å². The van der Waals surface area contributed by atoms with Crippen molar-refractivity contribution in [3.05, 3.63) is 35.9 Å². The van der Waals surface area contributed by atoms with Crippen LogP contribution in [0, 0.1) is 5.92 Å². The first kappa shape index (κ1) is 15.5. The minimum atomic E-state index is 0.641. The number of hydrogen-bond acceptors (Lipinski definition) is 2. The summed E-state index contributed by atoms with van der Waals surface area (Å²) < 4.78 is 0. The molecule has 112 valence electrons. The Labute approximate surface area is 124 Å². The summed E-state index contributed by atoms with van der Waals surface area (Å²) in [5, 5.41) is 3.80. The van der Waals surface area contributed by atoms with Crippen LogP contribution in [0.15, 0.2) is 30.3 Å². The number of piperidine rings is 1. The molecule has 1 aromatic rings. The van der Waals surface area contributed by atoms with Crippen molar-refractivity contribution in [2.24, 2.45) is 5.92 Å². The molecule has 20 heavy (non-hydrogen) atoms. The average molecular weight is 274 g/mol. The lowest BCUT2D eigenvalue weighted by atomic mass is 9.89. The molecule has 0 spiro atoms. The summed E-state index contributed by atoms with van der Waals surface area (Å²) in [6.45, 7) is 9.39. The van der Waals surface area contributed by atoms with E-state index in [0.29, 0.717) is 18.0 Å². The van der Waals surface area contributed by atoms with E-state index in [-0.39, 0.29) is 0 Å². The molecule has 0 bridgehead atoms. The minimum Gasteiger partial charge on any atom is -0.314 e. The quantitative estimate of drug-likeness (QED) is 0.884. The summed E-state index contributed by atoms with van der Waals surface area (Å²) in [5.41, 5.74) is 1.46. The molecule has 4 unspecified atom stereocenters. The zero-order valence-corrected chi connectivity index (χ0v) is 13.5. The van der Waals surface area contributed by atoms with E-state index in [1.165, 1.54) is 24.9 Å². The highest BCUT2D eigenvalue weighted by Crippen LogP contribution is 2.22. The lowest BCUT2D eigenvalue weighted by molar-refractivity contribution is 0.121. The van der Waals surface area contributed by atoms with Crippen molar-refractivity contribution >= 4 is 0 Å². The molecular formula is C18H30N2. The average Bonchev–Trinajstić information content (AvgIpc) is 2.45. The third kappa shape index (κ3) is 4.07. The highest BCUT2D eigenvalue weighted by Gasteiger charge is 2.28. The number of nitrogens with zero attached hydrogens (tertiary/aromatic N) is 1.